The van der Waals surface area contributed by atoms with E-state index in [9.17, 15) is 37.6 Å². The summed E-state index contributed by atoms with van der Waals surface area (Å²) in [5, 5.41) is 20.2. The lowest BCUT2D eigenvalue weighted by Crippen LogP contribution is -2.44. The van der Waals surface area contributed by atoms with Crippen LogP contribution in [0.4, 0.5) is 18.9 Å². The molecule has 302 valence electrons. The van der Waals surface area contributed by atoms with Crippen LogP contribution in [0.1, 0.15) is 96.7 Å². The van der Waals surface area contributed by atoms with Gasteiger partial charge in [0.1, 0.15) is 29.2 Å². The molecule has 5 aromatic rings. The molecule has 58 heavy (non-hydrogen) atoms. The number of amides is 3. The number of anilines is 1. The molecule has 1 atom stereocenters. The quantitative estimate of drug-likeness (QED) is 0.184. The average molecular weight is 798 g/mol. The maximum absolute atomic E-state index is 13.6. The summed E-state index contributed by atoms with van der Waals surface area (Å²) in [6, 6.07) is 11.4. The van der Waals surface area contributed by atoms with Crippen molar-refractivity contribution in [3.8, 4) is 11.8 Å². The van der Waals surface area contributed by atoms with E-state index < -0.39 is 35.4 Å². The summed E-state index contributed by atoms with van der Waals surface area (Å²) in [4.78, 5) is 57.0. The number of alkyl halides is 3. The van der Waals surface area contributed by atoms with Crippen molar-refractivity contribution in [1.82, 2.24) is 34.1 Å². The van der Waals surface area contributed by atoms with Crippen LogP contribution in [0, 0.1) is 17.2 Å². The van der Waals surface area contributed by atoms with Crippen LogP contribution >= 0.6 is 0 Å². The van der Waals surface area contributed by atoms with Gasteiger partial charge in [-0.25, -0.2) is 9.78 Å². The van der Waals surface area contributed by atoms with Crippen LogP contribution in [0.25, 0.3) is 21.9 Å². The van der Waals surface area contributed by atoms with E-state index in [1.54, 1.807) is 30.9 Å². The number of hydrogen-bond donors (Lipinski definition) is 2. The van der Waals surface area contributed by atoms with Crippen molar-refractivity contribution in [2.75, 3.05) is 32.1 Å². The van der Waals surface area contributed by atoms with Gasteiger partial charge in [0.2, 0.25) is 11.8 Å². The van der Waals surface area contributed by atoms with Gasteiger partial charge in [0.15, 0.2) is 0 Å². The lowest BCUT2D eigenvalue weighted by atomic mass is 9.84. The van der Waals surface area contributed by atoms with E-state index in [0.29, 0.717) is 28.1 Å². The Morgan fingerprint density at radius 2 is 1.79 bits per heavy atom. The van der Waals surface area contributed by atoms with Crippen LogP contribution in [0.15, 0.2) is 53.5 Å². The third kappa shape index (κ3) is 7.32. The Bertz CT molecular complexity index is 2540. The molecule has 0 spiro atoms. The van der Waals surface area contributed by atoms with Crippen molar-refractivity contribution in [2.24, 2.45) is 13.0 Å². The number of nitrogens with zero attached hydrogens (tertiary/aromatic N) is 7. The number of benzene rings is 2. The van der Waals surface area contributed by atoms with Crippen LogP contribution < -0.4 is 21.1 Å². The minimum Gasteiger partial charge on any atom is -0.496 e. The van der Waals surface area contributed by atoms with Crippen molar-refractivity contribution in [3.05, 3.63) is 81.7 Å². The third-order valence-electron chi connectivity index (χ3n) is 12.0. The highest BCUT2D eigenvalue weighted by Crippen LogP contribution is 2.41. The molecule has 3 amide bonds. The largest absolute Gasteiger partial charge is 0.496 e. The molecule has 14 nitrogen and oxygen atoms in total. The van der Waals surface area contributed by atoms with Gasteiger partial charge in [-0.15, -0.1) is 0 Å². The van der Waals surface area contributed by atoms with Crippen LogP contribution in [-0.2, 0) is 22.8 Å². The highest BCUT2D eigenvalue weighted by molar-refractivity contribution is 6.05. The number of likely N-dealkylation sites (tertiary alicyclic amines) is 1. The number of carbonyl (C=O) groups excluding carboxylic acids is 3. The minimum atomic E-state index is -4.70. The Labute approximate surface area is 330 Å². The number of rotatable bonds is 8. The van der Waals surface area contributed by atoms with E-state index in [1.165, 1.54) is 10.6 Å². The number of pyridine rings is 1. The number of nitrogens with one attached hydrogen (secondary N) is 2. The van der Waals surface area contributed by atoms with Gasteiger partial charge in [-0.3, -0.25) is 33.5 Å². The van der Waals surface area contributed by atoms with E-state index in [1.807, 2.05) is 29.1 Å². The van der Waals surface area contributed by atoms with E-state index in [2.05, 4.69) is 20.5 Å². The molecule has 5 heterocycles. The second-order valence-electron chi connectivity index (χ2n) is 15.5. The zero-order chi connectivity index (χ0) is 40.9. The molecule has 3 fully saturated rings. The molecule has 0 bridgehead atoms. The molecule has 2 aliphatic heterocycles. The number of hydrogen-bond acceptors (Lipinski definition) is 9. The highest BCUT2D eigenvalue weighted by Gasteiger charge is 2.35. The van der Waals surface area contributed by atoms with Gasteiger partial charge in [-0.05, 0) is 106 Å². The molecule has 2 saturated heterocycles. The van der Waals surface area contributed by atoms with Gasteiger partial charge in [0.05, 0.1) is 41.0 Å². The van der Waals surface area contributed by atoms with Gasteiger partial charge in [0, 0.05) is 37.2 Å². The normalized spacial score (nSPS) is 20.9. The lowest BCUT2D eigenvalue weighted by Gasteiger charge is -2.37. The van der Waals surface area contributed by atoms with E-state index in [-0.39, 0.29) is 47.6 Å². The van der Waals surface area contributed by atoms with Gasteiger partial charge in [-0.2, -0.15) is 23.5 Å². The number of imidazole rings is 1. The lowest BCUT2D eigenvalue weighted by molar-refractivity contribution is -0.141. The summed E-state index contributed by atoms with van der Waals surface area (Å²) >= 11 is 0. The van der Waals surface area contributed by atoms with Crippen molar-refractivity contribution >= 4 is 45.3 Å². The van der Waals surface area contributed by atoms with Gasteiger partial charge >= 0.3 is 11.9 Å². The van der Waals surface area contributed by atoms with Crippen LogP contribution in [0.3, 0.4) is 0 Å². The first-order chi connectivity index (χ1) is 27.8. The molecular weight excluding hydrogens is 756 g/mol. The van der Waals surface area contributed by atoms with Crippen LogP contribution in [0.5, 0.6) is 5.75 Å². The molecule has 1 aliphatic carbocycles. The first-order valence-corrected chi connectivity index (χ1v) is 19.5. The van der Waals surface area contributed by atoms with Crippen molar-refractivity contribution in [3.63, 3.8) is 0 Å². The molecule has 2 aromatic carbocycles. The number of fused-ring (bicyclic) bond motifs is 2. The fraction of sp³-hybridized carbons (Fsp3) is 0.439. The molecule has 0 radical (unpaired) electrons. The molecular formula is C41H42F3N9O5. The summed E-state index contributed by atoms with van der Waals surface area (Å²) in [5.41, 5.74) is 1.37. The first kappa shape index (κ1) is 38.8. The Morgan fingerprint density at radius 1 is 1.03 bits per heavy atom. The maximum Gasteiger partial charge on any atom is 0.433 e. The summed E-state index contributed by atoms with van der Waals surface area (Å²) in [5.74, 6) is -0.284. The zero-order valence-corrected chi connectivity index (χ0v) is 32.0. The summed E-state index contributed by atoms with van der Waals surface area (Å²) in [6.45, 7) is 2.75. The number of methoxy groups -OCH3 is 1. The number of piperidine rings is 2. The standard InChI is InChI=1S/C41H42F3N9O5/c1-50-37-31(53(40(50)57)32-11-13-35(54)48-39(32)56)10-12-33(58-2)36(37)24-14-16-51(17-15-24)21-23-6-8-27(9-7-23)52-22-26-19-29(25(20-45)18-30(26)49-52)47-38(55)28-4-3-5-34(46-28)41(42,43)44/h3-5,10,12,18-19,22-24,27,32H,6-9,11,13-17,21H2,1-2H3,(H,47,55)(H,48,54,56). The van der Waals surface area contributed by atoms with Crippen LogP contribution in [0.2, 0.25) is 0 Å². The highest BCUT2D eigenvalue weighted by atomic mass is 19.4. The summed E-state index contributed by atoms with van der Waals surface area (Å²) in [7, 11) is 3.35. The predicted octanol–water partition coefficient (Wildman–Crippen LogP) is 5.82. The number of ether oxygens (including phenoxy) is 1. The molecule has 17 heteroatoms. The number of aromatic nitrogens is 5. The average Bonchev–Trinajstić information content (AvgIpc) is 3.74. The number of halogens is 3. The first-order valence-electron chi connectivity index (χ1n) is 19.5. The third-order valence-corrected chi connectivity index (χ3v) is 12.0. The Morgan fingerprint density at radius 3 is 2.48 bits per heavy atom. The Hall–Kier alpha value is -6.02. The van der Waals surface area contributed by atoms with Crippen molar-refractivity contribution in [2.45, 2.75) is 75.5 Å². The molecule has 1 unspecified atom stereocenters. The topological polar surface area (TPSA) is 169 Å². The summed E-state index contributed by atoms with van der Waals surface area (Å²) in [6.07, 6.45) is 3.25. The fourth-order valence-corrected chi connectivity index (χ4v) is 9.03. The number of aryl methyl sites for hydroxylation is 1. The van der Waals surface area contributed by atoms with Crippen LogP contribution in [-0.4, -0.2) is 73.3 Å². The van der Waals surface area contributed by atoms with Gasteiger partial charge < -0.3 is 15.0 Å². The smallest absolute Gasteiger partial charge is 0.433 e. The Balaban J connectivity index is 0.899. The van der Waals surface area contributed by atoms with E-state index >= 15 is 0 Å². The second kappa shape index (κ2) is 15.4. The molecule has 2 N–H and O–H groups in total. The Kier molecular flexibility index (Phi) is 10.3. The predicted molar refractivity (Wildman–Crippen MR) is 206 cm³/mol. The minimum absolute atomic E-state index is 0.135. The SMILES string of the molecule is COc1ccc2c(c1C1CCN(CC3CCC(n4cc5cc(NC(=O)c6cccc(C(F)(F)F)n6)c(C#N)cc5n4)CC3)CC1)n(C)c(=O)n2C1CCC(=O)NC1=O. The summed E-state index contributed by atoms with van der Waals surface area (Å²) < 4.78 is 50.4. The monoisotopic (exact) mass is 797 g/mol. The van der Waals surface area contributed by atoms with Crippen molar-refractivity contribution < 1.29 is 32.3 Å². The van der Waals surface area contributed by atoms with Crippen molar-refractivity contribution in [1.29, 1.82) is 5.26 Å². The van der Waals surface area contributed by atoms with Gasteiger partial charge in [0.25, 0.3) is 5.91 Å². The second-order valence-corrected chi connectivity index (χ2v) is 15.5. The van der Waals surface area contributed by atoms with E-state index in [0.717, 1.165) is 81.4 Å². The fourth-order valence-electron chi connectivity index (χ4n) is 9.03. The van der Waals surface area contributed by atoms with Gasteiger partial charge in [-0.1, -0.05) is 6.07 Å². The number of imide groups is 1. The maximum atomic E-state index is 13.6. The molecule has 1 saturated carbocycles. The molecule has 8 rings (SSSR count). The zero-order valence-electron chi connectivity index (χ0n) is 32.0. The number of carbonyl (C=O) groups is 3. The molecule has 3 aliphatic rings. The number of nitriles is 1. The van der Waals surface area contributed by atoms with E-state index in [4.69, 9.17) is 9.84 Å². The molecule has 3 aromatic heterocycles.